The summed E-state index contributed by atoms with van der Waals surface area (Å²) in [6.07, 6.45) is 10.4. The number of ether oxygens (including phenoxy) is 2. The van der Waals surface area contributed by atoms with Crippen molar-refractivity contribution >= 4 is 11.8 Å². The minimum atomic E-state index is -0.206. The van der Waals surface area contributed by atoms with E-state index in [1.807, 2.05) is 80.1 Å². The molecule has 3 aromatic carbocycles. The SMILES string of the molecule is COc1ccc(C(C)=Cn2ccn(C(c3ccccc3)c3ccccc3)c2=O)cc1OC1CCCC1. The predicted molar refractivity (Wildman–Crippen MR) is 145 cm³/mol. The first kappa shape index (κ1) is 23.7. The van der Waals surface area contributed by atoms with Gasteiger partial charge in [0.25, 0.3) is 0 Å². The van der Waals surface area contributed by atoms with Crippen LogP contribution in [0.25, 0.3) is 11.8 Å². The van der Waals surface area contributed by atoms with Gasteiger partial charge in [0.1, 0.15) is 0 Å². The van der Waals surface area contributed by atoms with Crippen molar-refractivity contribution in [1.82, 2.24) is 9.13 Å². The summed E-state index contributed by atoms with van der Waals surface area (Å²) in [5, 5.41) is 0. The Labute approximate surface area is 212 Å². The summed E-state index contributed by atoms with van der Waals surface area (Å²) < 4.78 is 15.2. The zero-order valence-electron chi connectivity index (χ0n) is 20.8. The van der Waals surface area contributed by atoms with Crippen molar-refractivity contribution in [3.63, 3.8) is 0 Å². The average molecular weight is 481 g/mol. The minimum absolute atomic E-state index is 0.0944. The molecule has 1 aliphatic carbocycles. The molecule has 1 aromatic heterocycles. The van der Waals surface area contributed by atoms with Gasteiger partial charge < -0.3 is 9.47 Å². The summed E-state index contributed by atoms with van der Waals surface area (Å²) in [5.41, 5.74) is 3.99. The third-order valence-electron chi connectivity index (χ3n) is 6.89. The van der Waals surface area contributed by atoms with E-state index in [1.165, 1.54) is 12.8 Å². The van der Waals surface area contributed by atoms with Crippen LogP contribution in [0.4, 0.5) is 0 Å². The molecule has 36 heavy (non-hydrogen) atoms. The van der Waals surface area contributed by atoms with E-state index in [1.54, 1.807) is 16.2 Å². The van der Waals surface area contributed by atoms with Gasteiger partial charge in [-0.15, -0.1) is 0 Å². The number of hydrogen-bond donors (Lipinski definition) is 0. The standard InChI is InChI=1S/C31H32N2O3/c1-23(26-17-18-28(35-2)29(21-26)36-27-15-9-10-16-27)22-32-19-20-33(31(32)34)30(24-11-5-3-6-12-24)25-13-7-4-8-14-25/h3-8,11-14,17-22,27,30H,9-10,15-16H2,1-2H3. The molecule has 4 aromatic rings. The Morgan fingerprint density at radius 2 is 1.53 bits per heavy atom. The minimum Gasteiger partial charge on any atom is -0.493 e. The smallest absolute Gasteiger partial charge is 0.333 e. The third-order valence-corrected chi connectivity index (χ3v) is 6.89. The second kappa shape index (κ2) is 10.7. The summed E-state index contributed by atoms with van der Waals surface area (Å²) >= 11 is 0. The van der Waals surface area contributed by atoms with E-state index in [0.29, 0.717) is 0 Å². The van der Waals surface area contributed by atoms with Gasteiger partial charge in [-0.3, -0.25) is 9.13 Å². The van der Waals surface area contributed by atoms with Crippen LogP contribution in [0, 0.1) is 0 Å². The predicted octanol–water partition coefficient (Wildman–Crippen LogP) is 6.64. The molecule has 0 spiro atoms. The lowest BCUT2D eigenvalue weighted by Gasteiger charge is -2.19. The maximum absolute atomic E-state index is 13.6. The van der Waals surface area contributed by atoms with E-state index in [-0.39, 0.29) is 17.8 Å². The van der Waals surface area contributed by atoms with Crippen molar-refractivity contribution in [2.75, 3.05) is 7.11 Å². The second-order valence-electron chi connectivity index (χ2n) is 9.32. The van der Waals surface area contributed by atoms with Crippen molar-refractivity contribution in [3.8, 4) is 11.5 Å². The van der Waals surface area contributed by atoms with Crippen molar-refractivity contribution < 1.29 is 9.47 Å². The largest absolute Gasteiger partial charge is 0.493 e. The number of benzene rings is 3. The van der Waals surface area contributed by atoms with Crippen LogP contribution in [0.15, 0.2) is 96.1 Å². The zero-order chi connectivity index (χ0) is 24.9. The highest BCUT2D eigenvalue weighted by molar-refractivity contribution is 5.75. The fourth-order valence-electron chi connectivity index (χ4n) is 4.97. The number of hydrogen-bond acceptors (Lipinski definition) is 3. The molecule has 5 rings (SSSR count). The molecular weight excluding hydrogens is 448 g/mol. The van der Waals surface area contributed by atoms with Gasteiger partial charge in [-0.1, -0.05) is 66.7 Å². The normalized spacial score (nSPS) is 14.4. The van der Waals surface area contributed by atoms with Gasteiger partial charge in [-0.2, -0.15) is 0 Å². The van der Waals surface area contributed by atoms with E-state index < -0.39 is 0 Å². The highest BCUT2D eigenvalue weighted by atomic mass is 16.5. The van der Waals surface area contributed by atoms with Crippen molar-refractivity contribution in [3.05, 3.63) is 118 Å². The van der Waals surface area contributed by atoms with Crippen LogP contribution in [0.2, 0.25) is 0 Å². The number of methoxy groups -OCH3 is 1. The molecule has 0 radical (unpaired) electrons. The Kier molecular flexibility index (Phi) is 7.08. The number of rotatable bonds is 8. The van der Waals surface area contributed by atoms with E-state index in [2.05, 4.69) is 24.3 Å². The maximum atomic E-state index is 13.6. The van der Waals surface area contributed by atoms with Gasteiger partial charge in [0.05, 0.1) is 19.3 Å². The molecule has 0 atom stereocenters. The Balaban J connectivity index is 1.48. The second-order valence-corrected chi connectivity index (χ2v) is 9.32. The lowest BCUT2D eigenvalue weighted by atomic mass is 9.99. The molecule has 1 fully saturated rings. The fourth-order valence-corrected chi connectivity index (χ4v) is 4.97. The molecular formula is C31H32N2O3. The number of aromatic nitrogens is 2. The Bertz CT molecular complexity index is 1340. The first-order chi connectivity index (χ1) is 17.6. The molecule has 5 heteroatoms. The molecule has 1 aliphatic rings. The highest BCUT2D eigenvalue weighted by Crippen LogP contribution is 2.34. The zero-order valence-corrected chi connectivity index (χ0v) is 20.8. The number of imidazole rings is 1. The fraction of sp³-hybridized carbons (Fsp3) is 0.258. The van der Waals surface area contributed by atoms with Gasteiger partial charge in [-0.05, 0) is 67.0 Å². The average Bonchev–Trinajstić information content (AvgIpc) is 3.56. The Hall–Kier alpha value is -3.99. The topological polar surface area (TPSA) is 45.4 Å². The summed E-state index contributed by atoms with van der Waals surface area (Å²) in [4.78, 5) is 13.6. The Morgan fingerprint density at radius 1 is 0.889 bits per heavy atom. The summed E-state index contributed by atoms with van der Waals surface area (Å²) in [6, 6.07) is 26.0. The molecule has 0 N–H and O–H groups in total. The van der Waals surface area contributed by atoms with Crippen molar-refractivity contribution in [2.24, 2.45) is 0 Å². The molecule has 0 amide bonds. The van der Waals surface area contributed by atoms with E-state index in [4.69, 9.17) is 9.47 Å². The maximum Gasteiger partial charge on any atom is 0.333 e. The van der Waals surface area contributed by atoms with Crippen molar-refractivity contribution in [2.45, 2.75) is 44.8 Å². The molecule has 0 saturated heterocycles. The lowest BCUT2D eigenvalue weighted by molar-refractivity contribution is 0.201. The van der Waals surface area contributed by atoms with Gasteiger partial charge in [0.15, 0.2) is 11.5 Å². The molecule has 5 nitrogen and oxygen atoms in total. The summed E-state index contributed by atoms with van der Waals surface area (Å²) in [7, 11) is 1.66. The van der Waals surface area contributed by atoms with E-state index >= 15 is 0 Å². The molecule has 184 valence electrons. The number of nitrogens with zero attached hydrogens (tertiary/aromatic N) is 2. The van der Waals surface area contributed by atoms with Crippen LogP contribution < -0.4 is 15.2 Å². The van der Waals surface area contributed by atoms with Gasteiger partial charge >= 0.3 is 5.69 Å². The monoisotopic (exact) mass is 480 g/mol. The van der Waals surface area contributed by atoms with Crippen LogP contribution >= 0.6 is 0 Å². The third kappa shape index (κ3) is 5.01. The molecule has 0 aliphatic heterocycles. The molecule has 1 heterocycles. The van der Waals surface area contributed by atoms with Crippen LogP contribution in [0.3, 0.4) is 0 Å². The molecule has 0 unspecified atom stereocenters. The van der Waals surface area contributed by atoms with Crippen LogP contribution in [-0.4, -0.2) is 22.3 Å². The number of allylic oxidation sites excluding steroid dienone is 1. The summed E-state index contributed by atoms with van der Waals surface area (Å²) in [6.45, 7) is 2.01. The van der Waals surface area contributed by atoms with Crippen LogP contribution in [0.1, 0.15) is 55.3 Å². The van der Waals surface area contributed by atoms with Crippen LogP contribution in [-0.2, 0) is 0 Å². The van der Waals surface area contributed by atoms with Gasteiger partial charge in [0.2, 0.25) is 0 Å². The van der Waals surface area contributed by atoms with E-state index in [9.17, 15) is 4.79 Å². The summed E-state index contributed by atoms with van der Waals surface area (Å²) in [5.74, 6) is 1.49. The van der Waals surface area contributed by atoms with Crippen molar-refractivity contribution in [1.29, 1.82) is 0 Å². The quantitative estimate of drug-likeness (QED) is 0.284. The van der Waals surface area contributed by atoms with Gasteiger partial charge in [-0.25, -0.2) is 4.79 Å². The van der Waals surface area contributed by atoms with E-state index in [0.717, 1.165) is 46.6 Å². The van der Waals surface area contributed by atoms with Crippen LogP contribution in [0.5, 0.6) is 11.5 Å². The lowest BCUT2D eigenvalue weighted by Crippen LogP contribution is -2.26. The van der Waals surface area contributed by atoms with Gasteiger partial charge in [0, 0.05) is 18.6 Å². The first-order valence-electron chi connectivity index (χ1n) is 12.6. The molecule has 0 bridgehead atoms. The Morgan fingerprint density at radius 3 is 2.14 bits per heavy atom. The first-order valence-corrected chi connectivity index (χ1v) is 12.6. The molecule has 1 saturated carbocycles. The highest BCUT2D eigenvalue weighted by Gasteiger charge is 2.20.